The smallest absolute Gasteiger partial charge is 0.243 e. The molecule has 0 aliphatic rings. The number of aliphatic hydroxyl groups is 1. The van der Waals surface area contributed by atoms with E-state index in [1.54, 1.807) is 0 Å². The summed E-state index contributed by atoms with van der Waals surface area (Å²) in [5, 5.41) is 20.0. The zero-order valence-corrected chi connectivity index (χ0v) is 9.80. The van der Waals surface area contributed by atoms with Crippen molar-refractivity contribution in [2.75, 3.05) is 11.9 Å². The third-order valence-electron chi connectivity index (χ3n) is 2.53. The first-order valence-electron chi connectivity index (χ1n) is 5.76. The van der Waals surface area contributed by atoms with Crippen LogP contribution in [0.5, 0.6) is 0 Å². The molecule has 0 fully saturated rings. The fourth-order valence-corrected chi connectivity index (χ4v) is 1.63. The molecular formula is C12H16N4O. The Morgan fingerprint density at radius 3 is 2.76 bits per heavy atom. The Balaban J connectivity index is 2.08. The first-order valence-corrected chi connectivity index (χ1v) is 5.76. The standard InChI is InChI=1S/C12H16N4O/c1-9(5-4-8-17)13-12-14-10-6-2-3-7-11(10)15-16-12/h2-3,6-7,9,17H,4-5,8H2,1H3,(H,13,14,16). The van der Waals surface area contributed by atoms with Crippen molar-refractivity contribution in [2.45, 2.75) is 25.8 Å². The van der Waals surface area contributed by atoms with Gasteiger partial charge in [-0.2, -0.15) is 0 Å². The molecule has 5 nitrogen and oxygen atoms in total. The van der Waals surface area contributed by atoms with E-state index in [2.05, 4.69) is 20.5 Å². The molecule has 5 heteroatoms. The lowest BCUT2D eigenvalue weighted by Crippen LogP contribution is -2.17. The molecule has 0 bridgehead atoms. The van der Waals surface area contributed by atoms with Crippen molar-refractivity contribution in [3.63, 3.8) is 0 Å². The number of para-hydroxylation sites is 1. The number of anilines is 1. The van der Waals surface area contributed by atoms with Gasteiger partial charge in [0.1, 0.15) is 5.52 Å². The molecule has 2 aromatic rings. The van der Waals surface area contributed by atoms with Crippen molar-refractivity contribution < 1.29 is 5.11 Å². The second-order valence-corrected chi connectivity index (χ2v) is 4.04. The van der Waals surface area contributed by atoms with E-state index >= 15 is 0 Å². The van der Waals surface area contributed by atoms with Crippen molar-refractivity contribution >= 4 is 17.0 Å². The summed E-state index contributed by atoms with van der Waals surface area (Å²) in [6, 6.07) is 7.86. The largest absolute Gasteiger partial charge is 0.396 e. The molecule has 1 aromatic carbocycles. The maximum atomic E-state index is 8.75. The van der Waals surface area contributed by atoms with E-state index in [-0.39, 0.29) is 12.6 Å². The second kappa shape index (κ2) is 5.54. The van der Waals surface area contributed by atoms with E-state index in [9.17, 15) is 0 Å². The molecule has 17 heavy (non-hydrogen) atoms. The van der Waals surface area contributed by atoms with Crippen LogP contribution in [0, 0.1) is 0 Å². The van der Waals surface area contributed by atoms with Crippen LogP contribution in [0.3, 0.4) is 0 Å². The van der Waals surface area contributed by atoms with Crippen LogP contribution in [0.4, 0.5) is 5.95 Å². The predicted molar refractivity (Wildman–Crippen MR) is 66.7 cm³/mol. The zero-order chi connectivity index (χ0) is 12.1. The Bertz CT molecular complexity index is 489. The van der Waals surface area contributed by atoms with Crippen LogP contribution in [0.25, 0.3) is 11.0 Å². The Labute approximate surface area is 99.9 Å². The minimum atomic E-state index is 0.211. The third-order valence-corrected chi connectivity index (χ3v) is 2.53. The molecule has 0 amide bonds. The summed E-state index contributed by atoms with van der Waals surface area (Å²) < 4.78 is 0. The maximum Gasteiger partial charge on any atom is 0.243 e. The highest BCUT2D eigenvalue weighted by atomic mass is 16.2. The van der Waals surface area contributed by atoms with Gasteiger partial charge in [-0.25, -0.2) is 4.98 Å². The van der Waals surface area contributed by atoms with E-state index in [1.807, 2.05) is 31.2 Å². The molecule has 0 saturated carbocycles. The van der Waals surface area contributed by atoms with Crippen LogP contribution < -0.4 is 5.32 Å². The Morgan fingerprint density at radius 2 is 2.00 bits per heavy atom. The lowest BCUT2D eigenvalue weighted by molar-refractivity contribution is 0.282. The summed E-state index contributed by atoms with van der Waals surface area (Å²) in [6.45, 7) is 2.25. The molecule has 0 aliphatic heterocycles. The molecule has 1 atom stereocenters. The fourth-order valence-electron chi connectivity index (χ4n) is 1.63. The van der Waals surface area contributed by atoms with Crippen molar-refractivity contribution in [1.82, 2.24) is 15.2 Å². The van der Waals surface area contributed by atoms with Crippen molar-refractivity contribution in [3.8, 4) is 0 Å². The van der Waals surface area contributed by atoms with Gasteiger partial charge < -0.3 is 10.4 Å². The normalized spacial score (nSPS) is 12.6. The van der Waals surface area contributed by atoms with E-state index in [4.69, 9.17) is 5.11 Å². The highest BCUT2D eigenvalue weighted by Gasteiger charge is 2.05. The van der Waals surface area contributed by atoms with Crippen LogP contribution in [0.15, 0.2) is 24.3 Å². The summed E-state index contributed by atoms with van der Waals surface area (Å²) in [7, 11) is 0. The number of rotatable bonds is 5. The highest BCUT2D eigenvalue weighted by Crippen LogP contribution is 2.10. The van der Waals surface area contributed by atoms with Gasteiger partial charge in [-0.1, -0.05) is 12.1 Å². The van der Waals surface area contributed by atoms with Gasteiger partial charge in [0.05, 0.1) is 5.52 Å². The minimum Gasteiger partial charge on any atom is -0.396 e. The summed E-state index contributed by atoms with van der Waals surface area (Å²) in [4.78, 5) is 4.38. The van der Waals surface area contributed by atoms with Gasteiger partial charge >= 0.3 is 0 Å². The van der Waals surface area contributed by atoms with Gasteiger partial charge in [-0.3, -0.25) is 0 Å². The monoisotopic (exact) mass is 232 g/mol. The van der Waals surface area contributed by atoms with Gasteiger partial charge in [-0.15, -0.1) is 10.2 Å². The number of aromatic nitrogens is 3. The SMILES string of the molecule is CC(CCCO)Nc1nnc2ccccc2n1. The Hall–Kier alpha value is -1.75. The number of benzene rings is 1. The molecule has 0 aliphatic carbocycles. The topological polar surface area (TPSA) is 70.9 Å². The van der Waals surface area contributed by atoms with Gasteiger partial charge in [0.25, 0.3) is 0 Å². The summed E-state index contributed by atoms with van der Waals surface area (Å²) >= 11 is 0. The molecule has 1 aromatic heterocycles. The number of nitrogens with zero attached hydrogens (tertiary/aromatic N) is 3. The fraction of sp³-hybridized carbons (Fsp3) is 0.417. The Kier molecular flexibility index (Phi) is 3.82. The quantitative estimate of drug-likeness (QED) is 0.819. The van der Waals surface area contributed by atoms with E-state index < -0.39 is 0 Å². The van der Waals surface area contributed by atoms with Crippen molar-refractivity contribution in [1.29, 1.82) is 0 Å². The third kappa shape index (κ3) is 3.10. The number of fused-ring (bicyclic) bond motifs is 1. The number of nitrogens with one attached hydrogen (secondary N) is 1. The summed E-state index contributed by atoms with van der Waals surface area (Å²) in [5.74, 6) is 0.536. The van der Waals surface area contributed by atoms with Crippen molar-refractivity contribution in [3.05, 3.63) is 24.3 Å². The molecule has 1 unspecified atom stereocenters. The zero-order valence-electron chi connectivity index (χ0n) is 9.80. The average Bonchev–Trinajstić information content (AvgIpc) is 2.36. The molecule has 0 spiro atoms. The van der Waals surface area contributed by atoms with Gasteiger partial charge in [0.15, 0.2) is 0 Å². The summed E-state index contributed by atoms with van der Waals surface area (Å²) in [5.41, 5.74) is 1.63. The lowest BCUT2D eigenvalue weighted by Gasteiger charge is -2.12. The van der Waals surface area contributed by atoms with E-state index in [1.165, 1.54) is 0 Å². The van der Waals surface area contributed by atoms with Crippen LogP contribution in [0.1, 0.15) is 19.8 Å². The van der Waals surface area contributed by atoms with Crippen LogP contribution in [-0.2, 0) is 0 Å². The molecule has 0 saturated heterocycles. The van der Waals surface area contributed by atoms with Gasteiger partial charge in [0, 0.05) is 12.6 Å². The van der Waals surface area contributed by atoms with Crippen LogP contribution in [0.2, 0.25) is 0 Å². The molecule has 90 valence electrons. The first kappa shape index (κ1) is 11.7. The van der Waals surface area contributed by atoms with Crippen LogP contribution >= 0.6 is 0 Å². The summed E-state index contributed by atoms with van der Waals surface area (Å²) in [6.07, 6.45) is 1.65. The molecule has 0 radical (unpaired) electrons. The molecular weight excluding hydrogens is 216 g/mol. The first-order chi connectivity index (χ1) is 8.29. The lowest BCUT2D eigenvalue weighted by atomic mass is 10.2. The molecule has 2 N–H and O–H groups in total. The Morgan fingerprint density at radius 1 is 1.24 bits per heavy atom. The molecule has 1 heterocycles. The number of aliphatic hydroxyl groups excluding tert-OH is 1. The maximum absolute atomic E-state index is 8.75. The highest BCUT2D eigenvalue weighted by molar-refractivity contribution is 5.74. The van der Waals surface area contributed by atoms with Crippen LogP contribution in [-0.4, -0.2) is 32.9 Å². The number of hydrogen-bond acceptors (Lipinski definition) is 5. The molecule has 2 rings (SSSR count). The number of hydrogen-bond donors (Lipinski definition) is 2. The van der Waals surface area contributed by atoms with Gasteiger partial charge in [-0.05, 0) is 31.9 Å². The second-order valence-electron chi connectivity index (χ2n) is 4.04. The minimum absolute atomic E-state index is 0.211. The predicted octanol–water partition coefficient (Wildman–Crippen LogP) is 1.60. The van der Waals surface area contributed by atoms with Crippen molar-refractivity contribution in [2.24, 2.45) is 0 Å². The van der Waals surface area contributed by atoms with Gasteiger partial charge in [0.2, 0.25) is 5.95 Å². The van der Waals surface area contributed by atoms with E-state index in [0.29, 0.717) is 5.95 Å². The van der Waals surface area contributed by atoms with E-state index in [0.717, 1.165) is 23.9 Å². The average molecular weight is 232 g/mol.